The molecule has 2 N–H and O–H groups in total. The average Bonchev–Trinajstić information content (AvgIpc) is 2.75. The molecular weight excluding hydrogens is 263 g/mol. The Balaban J connectivity index is 2.79. The molecule has 0 saturated carbocycles. The largest absolute Gasteiger partial charge is 0.406 e. The lowest BCUT2D eigenvalue weighted by atomic mass is 10.3. The number of hydrogen-bond acceptors (Lipinski definition) is 4. The summed E-state index contributed by atoms with van der Waals surface area (Å²) in [7, 11) is 0. The first-order valence-corrected chi connectivity index (χ1v) is 5.83. The van der Waals surface area contributed by atoms with Crippen molar-refractivity contribution in [2.75, 3.05) is 19.6 Å². The van der Waals surface area contributed by atoms with E-state index in [1.165, 1.54) is 10.9 Å². The Bertz CT molecular complexity index is 418. The second kappa shape index (κ2) is 6.50. The Labute approximate surface area is 108 Å². The summed E-state index contributed by atoms with van der Waals surface area (Å²) in [5, 5.41) is 7.19. The molecule has 1 aromatic heterocycles. The number of nitrogens with zero attached hydrogens (tertiary/aromatic N) is 4. The van der Waals surface area contributed by atoms with Gasteiger partial charge in [0, 0.05) is 13.1 Å². The first-order chi connectivity index (χ1) is 8.87. The number of carbonyl (C=O) groups excluding carboxylic acids is 1. The molecule has 0 aromatic carbocycles. The molecule has 0 atom stereocenters. The Hall–Kier alpha value is -1.64. The Morgan fingerprint density at radius 2 is 2.21 bits per heavy atom. The van der Waals surface area contributed by atoms with E-state index < -0.39 is 18.6 Å². The maximum atomic E-state index is 12.4. The van der Waals surface area contributed by atoms with Crippen LogP contribution in [-0.4, -0.2) is 51.6 Å². The minimum Gasteiger partial charge on any atom is -0.329 e. The van der Waals surface area contributed by atoms with E-state index in [1.807, 2.05) is 0 Å². The normalized spacial score (nSPS) is 11.6. The predicted molar refractivity (Wildman–Crippen MR) is 61.3 cm³/mol. The lowest BCUT2D eigenvalue weighted by molar-refractivity contribution is -0.140. The number of hydrogen-bond donors (Lipinski definition) is 1. The van der Waals surface area contributed by atoms with Crippen molar-refractivity contribution >= 4 is 5.91 Å². The van der Waals surface area contributed by atoms with Crippen molar-refractivity contribution in [3.8, 4) is 0 Å². The van der Waals surface area contributed by atoms with Gasteiger partial charge in [0.2, 0.25) is 0 Å². The zero-order valence-electron chi connectivity index (χ0n) is 10.5. The molecule has 0 aliphatic heterocycles. The molecule has 0 unspecified atom stereocenters. The highest BCUT2D eigenvalue weighted by Crippen LogP contribution is 2.17. The summed E-state index contributed by atoms with van der Waals surface area (Å²) in [5.41, 5.74) is 5.20. The Kier molecular flexibility index (Phi) is 5.28. The van der Waals surface area contributed by atoms with E-state index >= 15 is 0 Å². The van der Waals surface area contributed by atoms with E-state index in [0.717, 1.165) is 4.90 Å². The highest BCUT2D eigenvalue weighted by atomic mass is 19.4. The fourth-order valence-electron chi connectivity index (χ4n) is 1.54. The van der Waals surface area contributed by atoms with E-state index in [9.17, 15) is 18.0 Å². The summed E-state index contributed by atoms with van der Waals surface area (Å²) in [6.45, 7) is 1.08. The molecular formula is C10H16F3N5O. The van der Waals surface area contributed by atoms with Crippen LogP contribution in [0, 0.1) is 0 Å². The van der Waals surface area contributed by atoms with Crippen LogP contribution in [0.1, 0.15) is 23.8 Å². The Morgan fingerprint density at radius 3 is 2.74 bits per heavy atom. The topological polar surface area (TPSA) is 77.0 Å². The molecule has 0 radical (unpaired) electrons. The molecule has 0 saturated heterocycles. The predicted octanol–water partition coefficient (Wildman–Crippen LogP) is 0.651. The SMILES string of the molecule is CCCN(CC(F)(F)F)C(=O)c1cn(CCN)nn1. The van der Waals surface area contributed by atoms with Crippen LogP contribution in [0.4, 0.5) is 13.2 Å². The van der Waals surface area contributed by atoms with Crippen LogP contribution < -0.4 is 5.73 Å². The summed E-state index contributed by atoms with van der Waals surface area (Å²) in [6.07, 6.45) is -2.70. The van der Waals surface area contributed by atoms with Gasteiger partial charge in [-0.2, -0.15) is 13.2 Å². The highest BCUT2D eigenvalue weighted by Gasteiger charge is 2.33. The van der Waals surface area contributed by atoms with E-state index in [0.29, 0.717) is 19.5 Å². The third kappa shape index (κ3) is 4.86. The zero-order chi connectivity index (χ0) is 14.5. The monoisotopic (exact) mass is 279 g/mol. The van der Waals surface area contributed by atoms with Crippen LogP contribution in [0.2, 0.25) is 0 Å². The fourth-order valence-corrected chi connectivity index (χ4v) is 1.54. The van der Waals surface area contributed by atoms with Crippen LogP contribution in [-0.2, 0) is 6.54 Å². The first kappa shape index (κ1) is 15.4. The van der Waals surface area contributed by atoms with Crippen molar-refractivity contribution in [3.63, 3.8) is 0 Å². The molecule has 0 spiro atoms. The Morgan fingerprint density at radius 1 is 1.53 bits per heavy atom. The molecule has 0 bridgehead atoms. The minimum atomic E-state index is -4.43. The van der Waals surface area contributed by atoms with E-state index in [4.69, 9.17) is 5.73 Å². The van der Waals surface area contributed by atoms with Gasteiger partial charge >= 0.3 is 6.18 Å². The van der Waals surface area contributed by atoms with Crippen molar-refractivity contribution in [1.29, 1.82) is 0 Å². The van der Waals surface area contributed by atoms with Gasteiger partial charge in [0.25, 0.3) is 5.91 Å². The molecule has 1 heterocycles. The van der Waals surface area contributed by atoms with Crippen LogP contribution in [0.3, 0.4) is 0 Å². The summed E-state index contributed by atoms with van der Waals surface area (Å²) in [5.74, 6) is -0.776. The van der Waals surface area contributed by atoms with Gasteiger partial charge in [0.05, 0.1) is 12.7 Å². The third-order valence-corrected chi connectivity index (χ3v) is 2.27. The number of rotatable bonds is 6. The smallest absolute Gasteiger partial charge is 0.329 e. The minimum absolute atomic E-state index is 0.0160. The standard InChI is InChI=1S/C10H16F3N5O/c1-2-4-17(7-10(11,12)13)9(19)8-6-18(5-3-14)16-15-8/h6H,2-5,7,14H2,1H3. The number of amides is 1. The second-order valence-electron chi connectivity index (χ2n) is 4.00. The van der Waals surface area contributed by atoms with Crippen molar-refractivity contribution in [1.82, 2.24) is 19.9 Å². The molecule has 1 amide bonds. The van der Waals surface area contributed by atoms with Crippen LogP contribution in [0.15, 0.2) is 6.20 Å². The van der Waals surface area contributed by atoms with E-state index in [-0.39, 0.29) is 12.2 Å². The summed E-state index contributed by atoms with van der Waals surface area (Å²) in [6, 6.07) is 0. The molecule has 19 heavy (non-hydrogen) atoms. The molecule has 0 aliphatic carbocycles. The van der Waals surface area contributed by atoms with Gasteiger partial charge in [-0.05, 0) is 6.42 Å². The van der Waals surface area contributed by atoms with Crippen molar-refractivity contribution in [3.05, 3.63) is 11.9 Å². The number of nitrogens with two attached hydrogens (primary N) is 1. The lowest BCUT2D eigenvalue weighted by Gasteiger charge is -2.22. The molecule has 0 fully saturated rings. The van der Waals surface area contributed by atoms with Gasteiger partial charge in [0.15, 0.2) is 5.69 Å². The van der Waals surface area contributed by atoms with E-state index in [1.54, 1.807) is 6.92 Å². The maximum absolute atomic E-state index is 12.4. The van der Waals surface area contributed by atoms with Crippen LogP contribution >= 0.6 is 0 Å². The lowest BCUT2D eigenvalue weighted by Crippen LogP contribution is -2.39. The number of halogens is 3. The average molecular weight is 279 g/mol. The fraction of sp³-hybridized carbons (Fsp3) is 0.700. The quantitative estimate of drug-likeness (QED) is 0.829. The highest BCUT2D eigenvalue weighted by molar-refractivity contribution is 5.91. The van der Waals surface area contributed by atoms with Crippen molar-refractivity contribution in [2.45, 2.75) is 26.1 Å². The zero-order valence-corrected chi connectivity index (χ0v) is 10.5. The van der Waals surface area contributed by atoms with Gasteiger partial charge < -0.3 is 10.6 Å². The molecule has 9 heteroatoms. The van der Waals surface area contributed by atoms with Gasteiger partial charge in [-0.1, -0.05) is 12.1 Å². The third-order valence-electron chi connectivity index (χ3n) is 2.27. The molecule has 108 valence electrons. The first-order valence-electron chi connectivity index (χ1n) is 5.83. The summed E-state index contributed by atoms with van der Waals surface area (Å²) in [4.78, 5) is 12.6. The maximum Gasteiger partial charge on any atom is 0.406 e. The van der Waals surface area contributed by atoms with Crippen LogP contribution in [0.25, 0.3) is 0 Å². The van der Waals surface area contributed by atoms with Crippen LogP contribution in [0.5, 0.6) is 0 Å². The molecule has 0 aliphatic rings. The van der Waals surface area contributed by atoms with Gasteiger partial charge in [0.1, 0.15) is 6.54 Å². The van der Waals surface area contributed by atoms with Crippen molar-refractivity contribution in [2.24, 2.45) is 5.73 Å². The van der Waals surface area contributed by atoms with Gasteiger partial charge in [-0.3, -0.25) is 9.48 Å². The van der Waals surface area contributed by atoms with E-state index in [2.05, 4.69) is 10.3 Å². The van der Waals surface area contributed by atoms with Gasteiger partial charge in [-0.15, -0.1) is 5.10 Å². The molecule has 1 rings (SSSR count). The number of alkyl halides is 3. The summed E-state index contributed by atoms with van der Waals surface area (Å²) < 4.78 is 38.5. The molecule has 1 aromatic rings. The summed E-state index contributed by atoms with van der Waals surface area (Å²) >= 11 is 0. The van der Waals surface area contributed by atoms with Gasteiger partial charge in [-0.25, -0.2) is 0 Å². The second-order valence-corrected chi connectivity index (χ2v) is 4.00. The number of carbonyl (C=O) groups is 1. The molecule has 6 nitrogen and oxygen atoms in total. The number of aromatic nitrogens is 3. The van der Waals surface area contributed by atoms with Crippen molar-refractivity contribution < 1.29 is 18.0 Å².